The minimum atomic E-state index is -0.295. The molecule has 0 aromatic carbocycles. The molecule has 104 valence electrons. The van der Waals surface area contributed by atoms with Gasteiger partial charge in [-0.3, -0.25) is 4.79 Å². The Kier molecular flexibility index (Phi) is 4.31. The Bertz CT molecular complexity index is 456. The van der Waals surface area contributed by atoms with Crippen molar-refractivity contribution in [2.45, 2.75) is 32.4 Å². The zero-order valence-electron chi connectivity index (χ0n) is 11.6. The summed E-state index contributed by atoms with van der Waals surface area (Å²) in [4.78, 5) is 22.4. The minimum absolute atomic E-state index is 0.0554. The Morgan fingerprint density at radius 1 is 1.53 bits per heavy atom. The van der Waals surface area contributed by atoms with Gasteiger partial charge in [0, 0.05) is 26.4 Å². The highest BCUT2D eigenvalue weighted by Crippen LogP contribution is 2.12. The van der Waals surface area contributed by atoms with Crippen molar-refractivity contribution in [1.82, 2.24) is 15.3 Å². The van der Waals surface area contributed by atoms with Gasteiger partial charge in [-0.2, -0.15) is 0 Å². The van der Waals surface area contributed by atoms with E-state index in [1.165, 1.54) is 0 Å². The third kappa shape index (κ3) is 3.64. The van der Waals surface area contributed by atoms with E-state index < -0.39 is 0 Å². The van der Waals surface area contributed by atoms with Gasteiger partial charge in [0.15, 0.2) is 0 Å². The van der Waals surface area contributed by atoms with Crippen molar-refractivity contribution < 1.29 is 9.53 Å². The molecule has 1 fully saturated rings. The average molecular weight is 264 g/mol. The largest absolute Gasteiger partial charge is 0.368 e. The summed E-state index contributed by atoms with van der Waals surface area (Å²) in [6.07, 6.45) is 1.46. The minimum Gasteiger partial charge on any atom is -0.368 e. The molecule has 1 N–H and O–H groups in total. The number of hydrogen-bond acceptors (Lipinski definition) is 5. The maximum Gasteiger partial charge on any atom is 0.249 e. The molecule has 1 aromatic rings. The molecular formula is C13H20N4O2. The van der Waals surface area contributed by atoms with E-state index in [9.17, 15) is 4.79 Å². The van der Waals surface area contributed by atoms with Crippen LogP contribution in [0.2, 0.25) is 0 Å². The van der Waals surface area contributed by atoms with Crippen molar-refractivity contribution in [3.63, 3.8) is 0 Å². The van der Waals surface area contributed by atoms with E-state index in [1.54, 1.807) is 0 Å². The summed E-state index contributed by atoms with van der Waals surface area (Å²) >= 11 is 0. The summed E-state index contributed by atoms with van der Waals surface area (Å²) in [5, 5.41) is 2.86. The van der Waals surface area contributed by atoms with Gasteiger partial charge in [-0.15, -0.1) is 0 Å². The van der Waals surface area contributed by atoms with Crippen LogP contribution in [0.3, 0.4) is 0 Å². The third-order valence-electron chi connectivity index (χ3n) is 2.96. The van der Waals surface area contributed by atoms with Gasteiger partial charge in [-0.05, 0) is 25.8 Å². The van der Waals surface area contributed by atoms with Crippen LogP contribution >= 0.6 is 0 Å². The van der Waals surface area contributed by atoms with Crippen molar-refractivity contribution >= 4 is 11.9 Å². The number of aryl methyl sites for hydroxylation is 1. The first-order valence-electron chi connectivity index (χ1n) is 6.47. The molecule has 6 nitrogen and oxygen atoms in total. The topological polar surface area (TPSA) is 67.3 Å². The summed E-state index contributed by atoms with van der Waals surface area (Å²) in [6, 6.07) is 1.88. The van der Waals surface area contributed by atoms with Crippen LogP contribution in [-0.4, -0.2) is 42.7 Å². The number of nitrogens with zero attached hydrogens (tertiary/aromatic N) is 3. The summed E-state index contributed by atoms with van der Waals surface area (Å²) in [7, 11) is 3.78. The fraction of sp³-hybridized carbons (Fsp3) is 0.615. The fourth-order valence-electron chi connectivity index (χ4n) is 1.98. The molecule has 1 unspecified atom stereocenters. The summed E-state index contributed by atoms with van der Waals surface area (Å²) in [5.41, 5.74) is 1.70. The number of ether oxygens (including phenoxy) is 1. The lowest BCUT2D eigenvalue weighted by molar-refractivity contribution is -0.130. The molecule has 0 radical (unpaired) electrons. The average Bonchev–Trinajstić information content (AvgIpc) is 2.89. The van der Waals surface area contributed by atoms with Crippen LogP contribution < -0.4 is 10.2 Å². The van der Waals surface area contributed by atoms with Crippen molar-refractivity contribution in [2.24, 2.45) is 0 Å². The van der Waals surface area contributed by atoms with E-state index in [0.29, 0.717) is 19.1 Å². The van der Waals surface area contributed by atoms with Gasteiger partial charge in [-0.1, -0.05) is 0 Å². The van der Waals surface area contributed by atoms with Gasteiger partial charge >= 0.3 is 0 Å². The quantitative estimate of drug-likeness (QED) is 0.864. The van der Waals surface area contributed by atoms with Crippen LogP contribution in [0.1, 0.15) is 24.2 Å². The highest BCUT2D eigenvalue weighted by atomic mass is 16.5. The second-order valence-corrected chi connectivity index (χ2v) is 4.91. The Hall–Kier alpha value is -1.69. The van der Waals surface area contributed by atoms with Gasteiger partial charge < -0.3 is 15.0 Å². The van der Waals surface area contributed by atoms with Gasteiger partial charge in [-0.25, -0.2) is 9.97 Å². The zero-order chi connectivity index (χ0) is 13.8. The second-order valence-electron chi connectivity index (χ2n) is 4.91. The van der Waals surface area contributed by atoms with E-state index in [1.807, 2.05) is 32.0 Å². The number of amides is 1. The maximum atomic E-state index is 11.8. The number of carbonyl (C=O) groups excluding carboxylic acids is 1. The van der Waals surface area contributed by atoms with Crippen LogP contribution in [0.5, 0.6) is 0 Å². The van der Waals surface area contributed by atoms with Crippen LogP contribution in [0.4, 0.5) is 5.95 Å². The van der Waals surface area contributed by atoms with Crippen molar-refractivity contribution in [2.75, 3.05) is 25.6 Å². The van der Waals surface area contributed by atoms with Crippen LogP contribution in [0, 0.1) is 6.92 Å². The van der Waals surface area contributed by atoms with Gasteiger partial charge in [0.1, 0.15) is 6.10 Å². The van der Waals surface area contributed by atoms with Crippen molar-refractivity contribution in [3.05, 3.63) is 17.5 Å². The summed E-state index contributed by atoms with van der Waals surface area (Å²) in [5.74, 6) is 0.599. The lowest BCUT2D eigenvalue weighted by Crippen LogP contribution is -2.34. The fourth-order valence-corrected chi connectivity index (χ4v) is 1.98. The first-order valence-corrected chi connectivity index (χ1v) is 6.47. The molecule has 2 rings (SSSR count). The molecule has 0 spiro atoms. The lowest BCUT2D eigenvalue weighted by atomic mass is 10.2. The van der Waals surface area contributed by atoms with Crippen LogP contribution in [0.25, 0.3) is 0 Å². The summed E-state index contributed by atoms with van der Waals surface area (Å²) < 4.78 is 5.34. The number of anilines is 1. The standard InChI is InChI=1S/C13H20N4O2/c1-9-7-10(16-13(15-9)17(2)3)8-14-12(18)11-5-4-6-19-11/h7,11H,4-6,8H2,1-3H3,(H,14,18). The molecule has 1 amide bonds. The molecule has 6 heteroatoms. The monoisotopic (exact) mass is 264 g/mol. The number of aromatic nitrogens is 2. The molecule has 19 heavy (non-hydrogen) atoms. The lowest BCUT2D eigenvalue weighted by Gasteiger charge is -2.13. The number of hydrogen-bond donors (Lipinski definition) is 1. The zero-order valence-corrected chi connectivity index (χ0v) is 11.6. The molecule has 0 saturated carbocycles. The Labute approximate surface area is 113 Å². The van der Waals surface area contributed by atoms with Gasteiger partial charge in [0.25, 0.3) is 0 Å². The molecule has 1 atom stereocenters. The highest BCUT2D eigenvalue weighted by Gasteiger charge is 2.23. The molecule has 2 heterocycles. The van der Waals surface area contributed by atoms with E-state index in [0.717, 1.165) is 24.2 Å². The first-order chi connectivity index (χ1) is 9.06. The highest BCUT2D eigenvalue weighted by molar-refractivity contribution is 5.80. The van der Waals surface area contributed by atoms with Gasteiger partial charge in [0.2, 0.25) is 11.9 Å². The Balaban J connectivity index is 1.97. The molecule has 1 aliphatic rings. The van der Waals surface area contributed by atoms with E-state index in [4.69, 9.17) is 4.74 Å². The number of rotatable bonds is 4. The molecule has 0 aliphatic carbocycles. The van der Waals surface area contributed by atoms with Crippen molar-refractivity contribution in [1.29, 1.82) is 0 Å². The predicted octanol–water partition coefficient (Wildman–Crippen LogP) is 0.646. The molecule has 1 aromatic heterocycles. The van der Waals surface area contributed by atoms with Gasteiger partial charge in [0.05, 0.1) is 12.2 Å². The SMILES string of the molecule is Cc1cc(CNC(=O)C2CCCO2)nc(N(C)C)n1. The van der Waals surface area contributed by atoms with Crippen LogP contribution in [-0.2, 0) is 16.1 Å². The van der Waals surface area contributed by atoms with Crippen LogP contribution in [0.15, 0.2) is 6.07 Å². The van der Waals surface area contributed by atoms with E-state index in [-0.39, 0.29) is 12.0 Å². The normalized spacial score (nSPS) is 18.4. The Morgan fingerprint density at radius 3 is 2.95 bits per heavy atom. The predicted molar refractivity (Wildman–Crippen MR) is 71.9 cm³/mol. The maximum absolute atomic E-state index is 11.8. The second kappa shape index (κ2) is 5.97. The number of nitrogens with one attached hydrogen (secondary N) is 1. The van der Waals surface area contributed by atoms with E-state index >= 15 is 0 Å². The molecule has 0 bridgehead atoms. The first kappa shape index (κ1) is 13.7. The Morgan fingerprint density at radius 2 is 2.32 bits per heavy atom. The van der Waals surface area contributed by atoms with E-state index in [2.05, 4.69) is 15.3 Å². The molecule has 1 aliphatic heterocycles. The smallest absolute Gasteiger partial charge is 0.249 e. The molecule has 1 saturated heterocycles. The number of carbonyl (C=O) groups is 1. The van der Waals surface area contributed by atoms with Crippen molar-refractivity contribution in [3.8, 4) is 0 Å². The summed E-state index contributed by atoms with van der Waals surface area (Å²) in [6.45, 7) is 3.00. The molecular weight excluding hydrogens is 244 g/mol. The third-order valence-corrected chi connectivity index (χ3v) is 2.96.